The Hall–Kier alpha value is -1.80. The molecule has 0 saturated heterocycles. The highest BCUT2D eigenvalue weighted by molar-refractivity contribution is 5.29. The topological polar surface area (TPSA) is 21.3 Å². The number of benzene rings is 2. The molecule has 2 heteroatoms. The number of aryl methyl sites for hydroxylation is 2. The molecule has 1 unspecified atom stereocenters. The third kappa shape index (κ3) is 4.39. The third-order valence-corrected chi connectivity index (χ3v) is 3.37. The van der Waals surface area contributed by atoms with Gasteiger partial charge in [0, 0.05) is 6.04 Å². The summed E-state index contributed by atoms with van der Waals surface area (Å²) in [6.45, 7) is 4.96. The summed E-state index contributed by atoms with van der Waals surface area (Å²) in [7, 11) is 1.99. The predicted octanol–water partition coefficient (Wildman–Crippen LogP) is 3.51. The van der Waals surface area contributed by atoms with Crippen LogP contribution in [0.4, 0.5) is 0 Å². The largest absolute Gasteiger partial charge is 0.492 e. The number of likely N-dealkylation sites (N-methyl/N-ethyl adjacent to an activating group) is 1. The minimum Gasteiger partial charge on any atom is -0.492 e. The number of rotatable bonds is 6. The molecule has 2 aromatic carbocycles. The van der Waals surface area contributed by atoms with Crippen LogP contribution in [0.3, 0.4) is 0 Å². The highest BCUT2D eigenvalue weighted by Gasteiger charge is 2.09. The molecule has 1 N–H and O–H groups in total. The van der Waals surface area contributed by atoms with Gasteiger partial charge in [-0.3, -0.25) is 0 Å². The fraction of sp³-hybridized carbons (Fsp3) is 0.333. The first-order valence-electron chi connectivity index (χ1n) is 7.09. The Bertz CT molecular complexity index is 516. The van der Waals surface area contributed by atoms with Crippen LogP contribution in [0, 0.1) is 13.8 Å². The lowest BCUT2D eigenvalue weighted by Crippen LogP contribution is -2.33. The molecule has 0 fully saturated rings. The van der Waals surface area contributed by atoms with Crippen LogP contribution < -0.4 is 10.1 Å². The Morgan fingerprint density at radius 3 is 2.25 bits per heavy atom. The van der Waals surface area contributed by atoms with Crippen LogP contribution in [0.5, 0.6) is 5.75 Å². The van der Waals surface area contributed by atoms with Crippen molar-refractivity contribution in [2.45, 2.75) is 26.3 Å². The van der Waals surface area contributed by atoms with E-state index < -0.39 is 0 Å². The summed E-state index contributed by atoms with van der Waals surface area (Å²) in [6, 6.07) is 17.0. The van der Waals surface area contributed by atoms with Gasteiger partial charge in [0.15, 0.2) is 0 Å². The van der Waals surface area contributed by atoms with Gasteiger partial charge in [-0.25, -0.2) is 0 Å². The average Bonchev–Trinajstić information content (AvgIpc) is 2.43. The first kappa shape index (κ1) is 14.6. The van der Waals surface area contributed by atoms with Gasteiger partial charge in [0.2, 0.25) is 0 Å². The van der Waals surface area contributed by atoms with Gasteiger partial charge in [-0.1, -0.05) is 47.5 Å². The summed E-state index contributed by atoms with van der Waals surface area (Å²) in [6.07, 6.45) is 0.978. The van der Waals surface area contributed by atoms with Gasteiger partial charge in [-0.2, -0.15) is 0 Å². The van der Waals surface area contributed by atoms with Gasteiger partial charge >= 0.3 is 0 Å². The Morgan fingerprint density at radius 1 is 1.00 bits per heavy atom. The zero-order valence-corrected chi connectivity index (χ0v) is 12.5. The number of para-hydroxylation sites is 1. The molecule has 0 aliphatic heterocycles. The normalized spacial score (nSPS) is 12.2. The molecule has 20 heavy (non-hydrogen) atoms. The fourth-order valence-corrected chi connectivity index (χ4v) is 2.43. The van der Waals surface area contributed by atoms with Crippen LogP contribution in [-0.4, -0.2) is 19.7 Å². The Morgan fingerprint density at radius 2 is 1.65 bits per heavy atom. The van der Waals surface area contributed by atoms with Crippen molar-refractivity contribution in [1.29, 1.82) is 0 Å². The molecule has 0 radical (unpaired) electrons. The van der Waals surface area contributed by atoms with Crippen LogP contribution in [-0.2, 0) is 6.42 Å². The van der Waals surface area contributed by atoms with Gasteiger partial charge in [0.05, 0.1) is 0 Å². The van der Waals surface area contributed by atoms with Crippen LogP contribution >= 0.6 is 0 Å². The van der Waals surface area contributed by atoms with Crippen molar-refractivity contribution in [3.63, 3.8) is 0 Å². The molecule has 0 aliphatic carbocycles. The summed E-state index contributed by atoms with van der Waals surface area (Å²) in [5, 5.41) is 3.33. The van der Waals surface area contributed by atoms with Gasteiger partial charge in [0.25, 0.3) is 0 Å². The van der Waals surface area contributed by atoms with Crippen LogP contribution in [0.25, 0.3) is 0 Å². The molecule has 1 atom stereocenters. The van der Waals surface area contributed by atoms with Crippen molar-refractivity contribution in [3.8, 4) is 5.75 Å². The van der Waals surface area contributed by atoms with E-state index in [1.165, 1.54) is 16.7 Å². The molecule has 2 nitrogen and oxygen atoms in total. The van der Waals surface area contributed by atoms with E-state index >= 15 is 0 Å². The number of hydrogen-bond donors (Lipinski definition) is 1. The zero-order chi connectivity index (χ0) is 14.4. The third-order valence-electron chi connectivity index (χ3n) is 3.37. The maximum atomic E-state index is 5.83. The summed E-state index contributed by atoms with van der Waals surface area (Å²) in [5.41, 5.74) is 4.00. The van der Waals surface area contributed by atoms with Gasteiger partial charge in [0.1, 0.15) is 12.4 Å². The van der Waals surface area contributed by atoms with E-state index in [1.54, 1.807) is 0 Å². The molecule has 0 saturated carbocycles. The van der Waals surface area contributed by atoms with E-state index in [2.05, 4.69) is 37.4 Å². The van der Waals surface area contributed by atoms with E-state index in [-0.39, 0.29) is 0 Å². The number of hydrogen-bond acceptors (Lipinski definition) is 2. The summed E-state index contributed by atoms with van der Waals surface area (Å²) >= 11 is 0. The van der Waals surface area contributed by atoms with Crippen molar-refractivity contribution in [1.82, 2.24) is 5.32 Å². The average molecular weight is 269 g/mol. The smallest absolute Gasteiger partial charge is 0.119 e. The van der Waals surface area contributed by atoms with E-state index in [0.717, 1.165) is 12.2 Å². The van der Waals surface area contributed by atoms with Crippen molar-refractivity contribution in [3.05, 3.63) is 65.2 Å². The predicted molar refractivity (Wildman–Crippen MR) is 84.4 cm³/mol. The van der Waals surface area contributed by atoms with Crippen LogP contribution in [0.2, 0.25) is 0 Å². The van der Waals surface area contributed by atoms with E-state index in [4.69, 9.17) is 4.74 Å². The maximum absolute atomic E-state index is 5.83. The highest BCUT2D eigenvalue weighted by Crippen LogP contribution is 2.13. The minimum atomic E-state index is 0.316. The number of ether oxygens (including phenoxy) is 1. The van der Waals surface area contributed by atoms with Gasteiger partial charge in [-0.05, 0) is 45.0 Å². The Labute approximate surface area is 121 Å². The molecule has 0 heterocycles. The Balaban J connectivity index is 1.95. The van der Waals surface area contributed by atoms with E-state index in [9.17, 15) is 0 Å². The van der Waals surface area contributed by atoms with Crippen molar-refractivity contribution >= 4 is 0 Å². The van der Waals surface area contributed by atoms with Crippen molar-refractivity contribution in [2.75, 3.05) is 13.7 Å². The van der Waals surface area contributed by atoms with Crippen LogP contribution in [0.1, 0.15) is 16.7 Å². The quantitative estimate of drug-likeness (QED) is 0.866. The molecule has 2 aromatic rings. The maximum Gasteiger partial charge on any atom is 0.119 e. The van der Waals surface area contributed by atoms with Crippen LogP contribution in [0.15, 0.2) is 48.5 Å². The highest BCUT2D eigenvalue weighted by atomic mass is 16.5. The molecular weight excluding hydrogens is 246 g/mol. The molecule has 0 aliphatic rings. The fourth-order valence-electron chi connectivity index (χ4n) is 2.43. The molecule has 0 amide bonds. The molecule has 2 rings (SSSR count). The lowest BCUT2D eigenvalue weighted by molar-refractivity contribution is 0.270. The van der Waals surface area contributed by atoms with Crippen molar-refractivity contribution in [2.24, 2.45) is 0 Å². The molecular formula is C18H23NO. The second-order valence-corrected chi connectivity index (χ2v) is 5.31. The first-order valence-corrected chi connectivity index (χ1v) is 7.09. The van der Waals surface area contributed by atoms with Gasteiger partial charge < -0.3 is 10.1 Å². The molecule has 106 valence electrons. The lowest BCUT2D eigenvalue weighted by Gasteiger charge is -2.18. The zero-order valence-electron chi connectivity index (χ0n) is 12.5. The molecule has 0 bridgehead atoms. The lowest BCUT2D eigenvalue weighted by atomic mass is 10.0. The summed E-state index contributed by atoms with van der Waals surface area (Å²) < 4.78 is 5.83. The van der Waals surface area contributed by atoms with Gasteiger partial charge in [-0.15, -0.1) is 0 Å². The molecule has 0 aromatic heterocycles. The van der Waals surface area contributed by atoms with E-state index in [1.807, 2.05) is 37.4 Å². The summed E-state index contributed by atoms with van der Waals surface area (Å²) in [5.74, 6) is 0.924. The second kappa shape index (κ2) is 7.11. The summed E-state index contributed by atoms with van der Waals surface area (Å²) in [4.78, 5) is 0. The molecule has 0 spiro atoms. The van der Waals surface area contributed by atoms with Crippen molar-refractivity contribution < 1.29 is 4.74 Å². The number of nitrogens with one attached hydrogen (secondary N) is 1. The minimum absolute atomic E-state index is 0.316. The second-order valence-electron chi connectivity index (χ2n) is 5.31. The van der Waals surface area contributed by atoms with E-state index in [0.29, 0.717) is 12.6 Å². The first-order chi connectivity index (χ1) is 9.67. The Kier molecular flexibility index (Phi) is 5.19. The SMILES string of the molecule is CNC(COc1ccccc1)Cc1cc(C)cc(C)c1. The standard InChI is InChI=1S/C18H23NO/c1-14-9-15(2)11-16(10-14)12-17(19-3)13-20-18-7-5-4-6-8-18/h4-11,17,19H,12-13H2,1-3H3. The monoisotopic (exact) mass is 269 g/mol.